The lowest BCUT2D eigenvalue weighted by atomic mass is 9.51. The van der Waals surface area contributed by atoms with Gasteiger partial charge in [0, 0.05) is 37.4 Å². The number of hydrogen-bond donors (Lipinski definition) is 2. The van der Waals surface area contributed by atoms with Crippen molar-refractivity contribution in [3.05, 3.63) is 0 Å². The minimum Gasteiger partial charge on any atom is -0.378 e. The van der Waals surface area contributed by atoms with Gasteiger partial charge in [-0.15, -0.1) is 0 Å². The first-order chi connectivity index (χ1) is 9.26. The maximum Gasteiger partial charge on any atom is 0.191 e. The Morgan fingerprint density at radius 2 is 2.26 bits per heavy atom. The van der Waals surface area contributed by atoms with Crippen molar-refractivity contribution in [2.24, 2.45) is 10.4 Å². The second kappa shape index (κ2) is 6.84. The van der Waals surface area contributed by atoms with Gasteiger partial charge in [-0.2, -0.15) is 11.8 Å². The van der Waals surface area contributed by atoms with E-state index in [9.17, 15) is 0 Å². The fraction of sp³-hybridized carbons (Fsp3) is 0.929. The molecule has 0 bridgehead atoms. The van der Waals surface area contributed by atoms with Gasteiger partial charge in [0.1, 0.15) is 0 Å². The Bertz CT molecular complexity index is 318. The molecule has 2 saturated carbocycles. The number of aliphatic imine (C=N–C) groups is 1. The van der Waals surface area contributed by atoms with Crippen LogP contribution in [0.4, 0.5) is 0 Å². The number of rotatable bonds is 6. The van der Waals surface area contributed by atoms with Gasteiger partial charge in [-0.25, -0.2) is 0 Å². The molecule has 0 aromatic carbocycles. The van der Waals surface area contributed by atoms with Crippen molar-refractivity contribution in [1.29, 1.82) is 0 Å². The Morgan fingerprint density at radius 3 is 2.79 bits per heavy atom. The Hall–Kier alpha value is -0.420. The molecule has 2 aliphatic rings. The van der Waals surface area contributed by atoms with Crippen LogP contribution < -0.4 is 10.6 Å². The molecule has 0 amide bonds. The molecule has 0 aromatic rings. The zero-order valence-electron chi connectivity index (χ0n) is 12.4. The molecule has 4 nitrogen and oxygen atoms in total. The standard InChI is InChI=1S/C14H27N3OS/c1-4-18-12-10-11(14(12)6-5-7-14)17-13(15-2)16-8-9-19-3/h11-12H,4-10H2,1-3H3,(H2,15,16,17). The van der Waals surface area contributed by atoms with E-state index in [0.717, 1.165) is 31.3 Å². The van der Waals surface area contributed by atoms with E-state index in [1.807, 2.05) is 18.8 Å². The fourth-order valence-corrected chi connectivity index (χ4v) is 3.58. The van der Waals surface area contributed by atoms with Crippen LogP contribution in [0.2, 0.25) is 0 Å². The van der Waals surface area contributed by atoms with Gasteiger partial charge in [0.15, 0.2) is 5.96 Å². The van der Waals surface area contributed by atoms with Gasteiger partial charge < -0.3 is 15.4 Å². The second-order valence-corrected chi connectivity index (χ2v) is 6.44. The van der Waals surface area contributed by atoms with E-state index in [2.05, 4.69) is 28.8 Å². The first-order valence-electron chi connectivity index (χ1n) is 7.34. The molecule has 0 radical (unpaired) electrons. The third kappa shape index (κ3) is 3.02. The summed E-state index contributed by atoms with van der Waals surface area (Å²) in [5.74, 6) is 2.05. The van der Waals surface area contributed by atoms with Gasteiger partial charge in [0.05, 0.1) is 6.10 Å². The summed E-state index contributed by atoms with van der Waals surface area (Å²) in [7, 11) is 1.85. The molecule has 0 aromatic heterocycles. The molecule has 0 heterocycles. The van der Waals surface area contributed by atoms with Crippen LogP contribution in [0.15, 0.2) is 4.99 Å². The van der Waals surface area contributed by atoms with E-state index in [1.54, 1.807) is 0 Å². The highest BCUT2D eigenvalue weighted by atomic mass is 32.2. The number of ether oxygens (including phenoxy) is 1. The number of nitrogens with one attached hydrogen (secondary N) is 2. The quantitative estimate of drug-likeness (QED) is 0.444. The van der Waals surface area contributed by atoms with E-state index in [4.69, 9.17) is 4.74 Å². The molecule has 2 rings (SSSR count). The molecule has 110 valence electrons. The molecule has 2 fully saturated rings. The summed E-state index contributed by atoms with van der Waals surface area (Å²) in [4.78, 5) is 4.32. The second-order valence-electron chi connectivity index (χ2n) is 5.46. The average molecular weight is 285 g/mol. The van der Waals surface area contributed by atoms with Crippen LogP contribution in [-0.4, -0.2) is 50.3 Å². The van der Waals surface area contributed by atoms with Crippen LogP contribution in [0.1, 0.15) is 32.6 Å². The summed E-state index contributed by atoms with van der Waals surface area (Å²) in [6.45, 7) is 3.89. The van der Waals surface area contributed by atoms with Crippen molar-refractivity contribution >= 4 is 17.7 Å². The zero-order chi connectivity index (χ0) is 13.7. The lowest BCUT2D eigenvalue weighted by Gasteiger charge is -2.61. The predicted octanol–water partition coefficient (Wildman–Crippen LogP) is 1.86. The SMILES string of the molecule is CCOC1CC(NC(=NC)NCCSC)C12CCC2. The van der Waals surface area contributed by atoms with Crippen molar-refractivity contribution in [2.45, 2.75) is 44.8 Å². The maximum absolute atomic E-state index is 5.88. The Kier molecular flexibility index (Phi) is 5.39. The third-order valence-electron chi connectivity index (χ3n) is 4.57. The Balaban J connectivity index is 1.82. The lowest BCUT2D eigenvalue weighted by Crippen LogP contribution is -2.68. The van der Waals surface area contributed by atoms with Gasteiger partial charge in [0.25, 0.3) is 0 Å². The molecule has 5 heteroatoms. The highest BCUT2D eigenvalue weighted by Crippen LogP contribution is 2.57. The molecule has 19 heavy (non-hydrogen) atoms. The van der Waals surface area contributed by atoms with E-state index in [1.165, 1.54) is 19.3 Å². The van der Waals surface area contributed by atoms with Gasteiger partial charge in [0.2, 0.25) is 0 Å². The highest BCUT2D eigenvalue weighted by molar-refractivity contribution is 7.98. The van der Waals surface area contributed by atoms with Gasteiger partial charge in [-0.1, -0.05) is 6.42 Å². The molecular weight excluding hydrogens is 258 g/mol. The average Bonchev–Trinajstić information content (AvgIpc) is 2.33. The number of hydrogen-bond acceptors (Lipinski definition) is 3. The summed E-state index contributed by atoms with van der Waals surface area (Å²) >= 11 is 1.85. The van der Waals surface area contributed by atoms with Gasteiger partial charge in [-0.3, -0.25) is 4.99 Å². The van der Waals surface area contributed by atoms with Crippen LogP contribution in [0.25, 0.3) is 0 Å². The maximum atomic E-state index is 5.88. The van der Waals surface area contributed by atoms with Crippen LogP contribution in [0.5, 0.6) is 0 Å². The fourth-order valence-electron chi connectivity index (χ4n) is 3.27. The lowest BCUT2D eigenvalue weighted by molar-refractivity contribution is -0.168. The van der Waals surface area contributed by atoms with Crippen LogP contribution >= 0.6 is 11.8 Å². The Labute approximate surface area is 121 Å². The largest absolute Gasteiger partial charge is 0.378 e. The Morgan fingerprint density at radius 1 is 1.47 bits per heavy atom. The topological polar surface area (TPSA) is 45.6 Å². The van der Waals surface area contributed by atoms with Gasteiger partial charge >= 0.3 is 0 Å². The molecule has 2 atom stereocenters. The smallest absolute Gasteiger partial charge is 0.191 e. The minimum atomic E-state index is 0.396. The molecule has 0 saturated heterocycles. The summed E-state index contributed by atoms with van der Waals surface area (Å²) in [5, 5.41) is 6.97. The van der Waals surface area contributed by atoms with Crippen molar-refractivity contribution in [2.75, 3.05) is 32.2 Å². The summed E-state index contributed by atoms with van der Waals surface area (Å²) in [6, 6.07) is 0.540. The normalized spacial score (nSPS) is 28.7. The minimum absolute atomic E-state index is 0.396. The van der Waals surface area contributed by atoms with Crippen LogP contribution in [0, 0.1) is 5.41 Å². The van der Waals surface area contributed by atoms with Crippen molar-refractivity contribution in [3.63, 3.8) is 0 Å². The number of thioether (sulfide) groups is 1. The summed E-state index contributed by atoms with van der Waals surface area (Å²) in [6.07, 6.45) is 7.67. The third-order valence-corrected chi connectivity index (χ3v) is 5.18. The molecular formula is C14H27N3OS. The molecule has 2 unspecified atom stereocenters. The monoisotopic (exact) mass is 285 g/mol. The van der Waals surface area contributed by atoms with Gasteiger partial charge in [-0.05, 0) is 32.4 Å². The van der Waals surface area contributed by atoms with E-state index in [-0.39, 0.29) is 0 Å². The predicted molar refractivity (Wildman–Crippen MR) is 83.0 cm³/mol. The zero-order valence-corrected chi connectivity index (χ0v) is 13.2. The van der Waals surface area contributed by atoms with Crippen LogP contribution in [0.3, 0.4) is 0 Å². The number of guanidine groups is 1. The van der Waals surface area contributed by atoms with Crippen LogP contribution in [-0.2, 0) is 4.74 Å². The van der Waals surface area contributed by atoms with E-state index >= 15 is 0 Å². The summed E-state index contributed by atoms with van der Waals surface area (Å²) in [5.41, 5.74) is 0.396. The molecule has 0 aliphatic heterocycles. The van der Waals surface area contributed by atoms with Crippen molar-refractivity contribution in [1.82, 2.24) is 10.6 Å². The highest BCUT2D eigenvalue weighted by Gasteiger charge is 2.59. The summed E-state index contributed by atoms with van der Waals surface area (Å²) < 4.78 is 5.88. The molecule has 1 spiro atoms. The van der Waals surface area contributed by atoms with Crippen molar-refractivity contribution in [3.8, 4) is 0 Å². The molecule has 2 aliphatic carbocycles. The first-order valence-corrected chi connectivity index (χ1v) is 8.74. The number of nitrogens with zero attached hydrogens (tertiary/aromatic N) is 1. The van der Waals surface area contributed by atoms with E-state index < -0.39 is 0 Å². The van der Waals surface area contributed by atoms with Crippen molar-refractivity contribution < 1.29 is 4.74 Å². The molecule has 2 N–H and O–H groups in total. The van der Waals surface area contributed by atoms with E-state index in [0.29, 0.717) is 17.6 Å². The first kappa shape index (κ1) is 15.0.